The number of likely N-dealkylation sites (tertiary alicyclic amines) is 1. The molecule has 4 aliphatic rings. The van der Waals surface area contributed by atoms with Gasteiger partial charge in [0.2, 0.25) is 0 Å². The van der Waals surface area contributed by atoms with Gasteiger partial charge in [-0.2, -0.15) is 0 Å². The van der Waals surface area contributed by atoms with E-state index in [-0.39, 0.29) is 18.6 Å². The lowest BCUT2D eigenvalue weighted by molar-refractivity contribution is -0.117. The van der Waals surface area contributed by atoms with Crippen molar-refractivity contribution >= 4 is 5.91 Å². The van der Waals surface area contributed by atoms with Gasteiger partial charge in [0.25, 0.3) is 5.91 Å². The molecule has 2 N–H and O–H groups in total. The summed E-state index contributed by atoms with van der Waals surface area (Å²) in [5.74, 6) is 0.0229. The van der Waals surface area contributed by atoms with Crippen molar-refractivity contribution in [2.24, 2.45) is 0 Å². The Bertz CT molecular complexity index is 625. The predicted octanol–water partition coefficient (Wildman–Crippen LogP) is 1.07. The molecule has 4 heteroatoms. The second-order valence-corrected chi connectivity index (χ2v) is 6.17. The Hall–Kier alpha value is -1.65. The largest absolute Gasteiger partial charge is 0.395 e. The molecule has 110 valence electrons. The number of rotatable bonds is 5. The fourth-order valence-corrected chi connectivity index (χ4v) is 3.64. The van der Waals surface area contributed by atoms with Gasteiger partial charge in [-0.3, -0.25) is 9.69 Å². The SMILES string of the molecule is O=C(NCCN1CCC[C@H]1CO)C1=C2C=C3CC3=C2C=C1. The van der Waals surface area contributed by atoms with Gasteiger partial charge < -0.3 is 10.4 Å². The molecule has 1 saturated carbocycles. The first-order chi connectivity index (χ1) is 10.3. The molecule has 0 unspecified atom stereocenters. The van der Waals surface area contributed by atoms with E-state index in [0.717, 1.165) is 43.5 Å². The number of fused-ring (bicyclic) bond motifs is 2. The lowest BCUT2D eigenvalue weighted by Crippen LogP contribution is -2.39. The highest BCUT2D eigenvalue weighted by molar-refractivity contribution is 6.01. The van der Waals surface area contributed by atoms with Crippen LogP contribution in [-0.2, 0) is 4.79 Å². The van der Waals surface area contributed by atoms with Crippen LogP contribution in [0.3, 0.4) is 0 Å². The summed E-state index contributed by atoms with van der Waals surface area (Å²) in [5, 5.41) is 12.3. The summed E-state index contributed by atoms with van der Waals surface area (Å²) < 4.78 is 0. The number of nitrogens with zero attached hydrogens (tertiary/aromatic N) is 1. The zero-order valence-corrected chi connectivity index (χ0v) is 12.1. The summed E-state index contributed by atoms with van der Waals surface area (Å²) in [6.45, 7) is 2.70. The molecule has 4 nitrogen and oxygen atoms in total. The molecule has 1 atom stereocenters. The van der Waals surface area contributed by atoms with Crippen molar-refractivity contribution in [2.45, 2.75) is 25.3 Å². The van der Waals surface area contributed by atoms with Gasteiger partial charge >= 0.3 is 0 Å². The monoisotopic (exact) mass is 284 g/mol. The van der Waals surface area contributed by atoms with Crippen LogP contribution in [0, 0.1) is 0 Å². The first kappa shape index (κ1) is 13.0. The molecule has 0 spiro atoms. The van der Waals surface area contributed by atoms with Crippen LogP contribution in [0.5, 0.6) is 0 Å². The smallest absolute Gasteiger partial charge is 0.251 e. The minimum Gasteiger partial charge on any atom is -0.395 e. The van der Waals surface area contributed by atoms with E-state index in [1.807, 2.05) is 6.08 Å². The van der Waals surface area contributed by atoms with Gasteiger partial charge in [-0.25, -0.2) is 0 Å². The van der Waals surface area contributed by atoms with Gasteiger partial charge in [0.15, 0.2) is 0 Å². The molecule has 1 saturated heterocycles. The molecule has 3 aliphatic carbocycles. The van der Waals surface area contributed by atoms with Crippen LogP contribution in [0.15, 0.2) is 46.1 Å². The lowest BCUT2D eigenvalue weighted by atomic mass is 10.1. The molecule has 21 heavy (non-hydrogen) atoms. The van der Waals surface area contributed by atoms with Gasteiger partial charge in [0.1, 0.15) is 0 Å². The zero-order valence-electron chi connectivity index (χ0n) is 12.1. The van der Waals surface area contributed by atoms with Gasteiger partial charge in [0.05, 0.1) is 6.61 Å². The topological polar surface area (TPSA) is 52.6 Å². The summed E-state index contributed by atoms with van der Waals surface area (Å²) >= 11 is 0. The van der Waals surface area contributed by atoms with Gasteiger partial charge in [-0.1, -0.05) is 6.08 Å². The standard InChI is InChI=1S/C17H20N2O2/c20-10-12-2-1-6-19(12)7-5-18-17(21)14-4-3-13-15-8-11(15)9-16(13)14/h3-4,9,12,20H,1-2,5-8,10H2,(H,18,21)/t12-/m0/s1. The van der Waals surface area contributed by atoms with Crippen LogP contribution in [0.25, 0.3) is 0 Å². The Balaban J connectivity index is 1.34. The third-order valence-corrected chi connectivity index (χ3v) is 4.91. The van der Waals surface area contributed by atoms with Crippen molar-refractivity contribution in [3.05, 3.63) is 46.1 Å². The summed E-state index contributed by atoms with van der Waals surface area (Å²) in [6, 6.07) is 0.276. The summed E-state index contributed by atoms with van der Waals surface area (Å²) in [6.07, 6.45) is 9.47. The van der Waals surface area contributed by atoms with Gasteiger partial charge in [-0.05, 0) is 60.3 Å². The molecule has 1 heterocycles. The Kier molecular flexibility index (Phi) is 3.08. The van der Waals surface area contributed by atoms with Crippen molar-refractivity contribution in [3.63, 3.8) is 0 Å². The third kappa shape index (κ3) is 2.19. The third-order valence-electron chi connectivity index (χ3n) is 4.91. The molecular weight excluding hydrogens is 264 g/mol. The molecule has 0 aromatic heterocycles. The van der Waals surface area contributed by atoms with E-state index in [1.165, 1.54) is 16.7 Å². The zero-order chi connectivity index (χ0) is 14.4. The highest BCUT2D eigenvalue weighted by atomic mass is 16.3. The lowest BCUT2D eigenvalue weighted by Gasteiger charge is -2.22. The highest BCUT2D eigenvalue weighted by Crippen LogP contribution is 2.51. The fraction of sp³-hybridized carbons (Fsp3) is 0.471. The number of aliphatic hydroxyl groups excluding tert-OH is 1. The highest BCUT2D eigenvalue weighted by Gasteiger charge is 2.35. The number of carbonyl (C=O) groups is 1. The summed E-state index contributed by atoms with van der Waals surface area (Å²) in [5.41, 5.74) is 6.00. The van der Waals surface area contributed by atoms with Crippen molar-refractivity contribution in [3.8, 4) is 0 Å². The van der Waals surface area contributed by atoms with Gasteiger partial charge in [-0.15, -0.1) is 0 Å². The van der Waals surface area contributed by atoms with Crippen molar-refractivity contribution < 1.29 is 9.90 Å². The predicted molar refractivity (Wildman–Crippen MR) is 80.6 cm³/mol. The van der Waals surface area contributed by atoms with Crippen molar-refractivity contribution in [1.29, 1.82) is 0 Å². The molecule has 0 aromatic rings. The van der Waals surface area contributed by atoms with Crippen LogP contribution < -0.4 is 5.32 Å². The van der Waals surface area contributed by atoms with E-state index in [1.54, 1.807) is 0 Å². The van der Waals surface area contributed by atoms with Gasteiger partial charge in [0, 0.05) is 24.7 Å². The number of nitrogens with one attached hydrogen (secondary N) is 1. The Morgan fingerprint density at radius 3 is 3.14 bits per heavy atom. The van der Waals surface area contributed by atoms with Crippen molar-refractivity contribution in [1.82, 2.24) is 10.2 Å². The van der Waals surface area contributed by atoms with Crippen LogP contribution in [-0.4, -0.2) is 48.2 Å². The molecule has 2 fully saturated rings. The number of carbonyl (C=O) groups excluding carboxylic acids is 1. The minimum absolute atomic E-state index is 0.0229. The van der Waals surface area contributed by atoms with Crippen molar-refractivity contribution in [2.75, 3.05) is 26.2 Å². The average Bonchev–Trinajstić information content (AvgIpc) is 2.87. The number of hydrogen-bond acceptors (Lipinski definition) is 3. The average molecular weight is 284 g/mol. The van der Waals surface area contributed by atoms with Crippen LogP contribution >= 0.6 is 0 Å². The maximum atomic E-state index is 12.3. The maximum Gasteiger partial charge on any atom is 0.251 e. The van der Waals surface area contributed by atoms with Crippen LogP contribution in [0.4, 0.5) is 0 Å². The summed E-state index contributed by atoms with van der Waals surface area (Å²) in [7, 11) is 0. The molecule has 0 aromatic carbocycles. The van der Waals surface area contributed by atoms with E-state index in [2.05, 4.69) is 22.4 Å². The first-order valence-electron chi connectivity index (χ1n) is 7.78. The number of allylic oxidation sites excluding steroid dienone is 6. The van der Waals surface area contributed by atoms with E-state index in [9.17, 15) is 9.90 Å². The Labute approximate surface area is 124 Å². The number of amides is 1. The quantitative estimate of drug-likeness (QED) is 0.794. The minimum atomic E-state index is 0.0229. The van der Waals surface area contributed by atoms with Crippen LogP contribution in [0.2, 0.25) is 0 Å². The molecule has 1 aliphatic heterocycles. The fourth-order valence-electron chi connectivity index (χ4n) is 3.64. The Morgan fingerprint density at radius 2 is 2.29 bits per heavy atom. The molecule has 1 amide bonds. The Morgan fingerprint density at radius 1 is 1.38 bits per heavy atom. The van der Waals surface area contributed by atoms with Crippen LogP contribution in [0.1, 0.15) is 19.3 Å². The maximum absolute atomic E-state index is 12.3. The molecular formula is C17H20N2O2. The van der Waals surface area contributed by atoms with E-state index < -0.39 is 0 Å². The van der Waals surface area contributed by atoms with E-state index in [0.29, 0.717) is 6.54 Å². The normalized spacial score (nSPS) is 26.3. The second kappa shape index (κ2) is 4.97. The molecule has 0 bridgehead atoms. The van der Waals surface area contributed by atoms with E-state index >= 15 is 0 Å². The second-order valence-electron chi connectivity index (χ2n) is 6.17. The molecule has 0 radical (unpaired) electrons. The number of aliphatic hydroxyl groups is 1. The van der Waals surface area contributed by atoms with E-state index in [4.69, 9.17) is 0 Å². The number of hydrogen-bond donors (Lipinski definition) is 2. The summed E-state index contributed by atoms with van der Waals surface area (Å²) in [4.78, 5) is 14.6. The first-order valence-corrected chi connectivity index (χ1v) is 7.78. The molecule has 4 rings (SSSR count).